The van der Waals surface area contributed by atoms with Crippen molar-refractivity contribution >= 4 is 7.82 Å². The molecule has 0 amide bonds. The number of hydrogen-bond donors (Lipinski definition) is 2. The third-order valence-corrected chi connectivity index (χ3v) is 4.51. The predicted molar refractivity (Wildman–Crippen MR) is 108 cm³/mol. The number of unbranched alkanes of at least 4 members (excludes halogenated alkanes) is 8. The summed E-state index contributed by atoms with van der Waals surface area (Å²) in [5, 5.41) is 0. The van der Waals surface area contributed by atoms with Crippen LogP contribution in [0.5, 0.6) is 0 Å². The van der Waals surface area contributed by atoms with Crippen molar-refractivity contribution in [2.45, 2.75) is 64.7 Å². The van der Waals surface area contributed by atoms with Crippen molar-refractivity contribution in [3.05, 3.63) is 0 Å². The number of phosphoric acid groups is 1. The summed E-state index contributed by atoms with van der Waals surface area (Å²) in [6.07, 6.45) is 11.8. The monoisotopic (exact) mass is 428 g/mol. The second-order valence-electron chi connectivity index (χ2n) is 6.60. The number of rotatable bonds is 23. The smallest absolute Gasteiger partial charge is 0.379 e. The fourth-order valence-corrected chi connectivity index (χ4v) is 2.80. The van der Waals surface area contributed by atoms with Gasteiger partial charge in [-0.3, -0.25) is 4.52 Å². The van der Waals surface area contributed by atoms with Gasteiger partial charge in [0.05, 0.1) is 52.9 Å². The molecular formula is C19H41O8P. The van der Waals surface area contributed by atoms with Crippen molar-refractivity contribution in [2.75, 3.05) is 59.5 Å². The highest BCUT2D eigenvalue weighted by atomic mass is 31.2. The van der Waals surface area contributed by atoms with Gasteiger partial charge in [-0.05, 0) is 6.42 Å². The minimum absolute atomic E-state index is 0.112. The fraction of sp³-hybridized carbons (Fsp3) is 1.00. The molecule has 0 rings (SSSR count). The van der Waals surface area contributed by atoms with Crippen molar-refractivity contribution in [1.82, 2.24) is 0 Å². The summed E-state index contributed by atoms with van der Waals surface area (Å²) in [7, 11) is -4.40. The van der Waals surface area contributed by atoms with Gasteiger partial charge in [-0.25, -0.2) is 4.57 Å². The van der Waals surface area contributed by atoms with Crippen LogP contribution in [-0.2, 0) is 28.0 Å². The van der Waals surface area contributed by atoms with E-state index in [1.165, 1.54) is 51.4 Å². The van der Waals surface area contributed by atoms with Crippen LogP contribution >= 0.6 is 7.82 Å². The van der Waals surface area contributed by atoms with Crippen molar-refractivity contribution in [3.63, 3.8) is 0 Å². The molecule has 0 aromatic carbocycles. The highest BCUT2D eigenvalue weighted by molar-refractivity contribution is 7.46. The Balaban J connectivity index is 3.02. The van der Waals surface area contributed by atoms with E-state index >= 15 is 0 Å². The zero-order valence-corrected chi connectivity index (χ0v) is 18.4. The van der Waals surface area contributed by atoms with Crippen LogP contribution in [0.15, 0.2) is 0 Å². The van der Waals surface area contributed by atoms with E-state index in [1.807, 2.05) is 0 Å². The van der Waals surface area contributed by atoms with E-state index < -0.39 is 7.82 Å². The van der Waals surface area contributed by atoms with Crippen molar-refractivity contribution in [2.24, 2.45) is 0 Å². The Kier molecular flexibility index (Phi) is 21.6. The van der Waals surface area contributed by atoms with E-state index in [9.17, 15) is 4.57 Å². The summed E-state index contributed by atoms with van der Waals surface area (Å²) >= 11 is 0. The molecule has 0 bridgehead atoms. The molecule has 0 aromatic heterocycles. The molecule has 28 heavy (non-hydrogen) atoms. The standard InChI is InChI=1S/C19H41O8P/c1-2-3-4-5-6-7-8-9-10-11-23-12-13-24-14-15-25-16-17-26-18-19-27-28(20,21)22/h2-19H2,1H3,(H2,20,21,22). The molecule has 0 fully saturated rings. The third kappa shape index (κ3) is 26.0. The van der Waals surface area contributed by atoms with Crippen LogP contribution in [0.4, 0.5) is 0 Å². The molecule has 0 spiro atoms. The second kappa shape index (κ2) is 21.7. The summed E-state index contributed by atoms with van der Waals surface area (Å²) in [4.78, 5) is 16.9. The van der Waals surface area contributed by atoms with Crippen LogP contribution in [-0.4, -0.2) is 69.2 Å². The van der Waals surface area contributed by atoms with Gasteiger partial charge in [0.1, 0.15) is 0 Å². The minimum Gasteiger partial charge on any atom is -0.379 e. The molecule has 9 heteroatoms. The molecule has 0 saturated carbocycles. The van der Waals surface area contributed by atoms with Gasteiger partial charge in [0.15, 0.2) is 0 Å². The summed E-state index contributed by atoms with van der Waals surface area (Å²) in [6, 6.07) is 0. The second-order valence-corrected chi connectivity index (χ2v) is 7.84. The zero-order valence-electron chi connectivity index (χ0n) is 17.5. The van der Waals surface area contributed by atoms with Gasteiger partial charge in [0.2, 0.25) is 0 Å². The predicted octanol–water partition coefficient (Wildman–Crippen LogP) is 3.69. The largest absolute Gasteiger partial charge is 0.469 e. The molecule has 0 atom stereocenters. The molecule has 0 aromatic rings. The van der Waals surface area contributed by atoms with Crippen LogP contribution in [0, 0.1) is 0 Å². The molecule has 170 valence electrons. The van der Waals surface area contributed by atoms with Crippen molar-refractivity contribution < 1.29 is 37.8 Å². The van der Waals surface area contributed by atoms with Gasteiger partial charge < -0.3 is 28.7 Å². The number of hydrogen-bond acceptors (Lipinski definition) is 6. The molecular weight excluding hydrogens is 387 g/mol. The summed E-state index contributed by atoms with van der Waals surface area (Å²) in [5.41, 5.74) is 0. The Labute approximate surface area is 170 Å². The highest BCUT2D eigenvalue weighted by Crippen LogP contribution is 2.35. The summed E-state index contributed by atoms with van der Waals surface area (Å²) in [6.45, 7) is 5.91. The third-order valence-electron chi connectivity index (χ3n) is 4.00. The van der Waals surface area contributed by atoms with Gasteiger partial charge in [0, 0.05) is 6.61 Å². The average molecular weight is 429 g/mol. The Morgan fingerprint density at radius 1 is 0.536 bits per heavy atom. The maximum Gasteiger partial charge on any atom is 0.469 e. The Morgan fingerprint density at radius 2 is 0.893 bits per heavy atom. The maximum absolute atomic E-state index is 10.4. The van der Waals surface area contributed by atoms with Gasteiger partial charge in [-0.1, -0.05) is 58.3 Å². The topological polar surface area (TPSA) is 104 Å². The van der Waals surface area contributed by atoms with Crippen LogP contribution in [0.1, 0.15) is 64.7 Å². The molecule has 0 aliphatic carbocycles. The van der Waals surface area contributed by atoms with Gasteiger partial charge in [-0.15, -0.1) is 0 Å². The lowest BCUT2D eigenvalue weighted by Crippen LogP contribution is -2.13. The summed E-state index contributed by atoms with van der Waals surface area (Å²) in [5.74, 6) is 0. The van der Waals surface area contributed by atoms with Crippen molar-refractivity contribution in [1.29, 1.82) is 0 Å². The van der Waals surface area contributed by atoms with Crippen LogP contribution in [0.3, 0.4) is 0 Å². The van der Waals surface area contributed by atoms with Gasteiger partial charge >= 0.3 is 7.82 Å². The quantitative estimate of drug-likeness (QED) is 0.188. The molecule has 8 nitrogen and oxygen atoms in total. The fourth-order valence-electron chi connectivity index (χ4n) is 2.49. The maximum atomic E-state index is 10.4. The van der Waals surface area contributed by atoms with E-state index in [0.717, 1.165) is 13.0 Å². The molecule has 0 unspecified atom stereocenters. The van der Waals surface area contributed by atoms with E-state index in [-0.39, 0.29) is 13.2 Å². The van der Waals surface area contributed by atoms with Crippen LogP contribution in [0.25, 0.3) is 0 Å². The lowest BCUT2D eigenvalue weighted by molar-refractivity contribution is -0.00578. The molecule has 0 aliphatic heterocycles. The molecule has 0 radical (unpaired) electrons. The Morgan fingerprint density at radius 3 is 1.32 bits per heavy atom. The average Bonchev–Trinajstić information content (AvgIpc) is 2.65. The lowest BCUT2D eigenvalue weighted by Gasteiger charge is -2.08. The minimum atomic E-state index is -4.40. The molecule has 2 N–H and O–H groups in total. The van der Waals surface area contributed by atoms with E-state index in [1.54, 1.807) is 0 Å². The van der Waals surface area contributed by atoms with E-state index in [4.69, 9.17) is 28.7 Å². The number of ether oxygens (including phenoxy) is 4. The first kappa shape index (κ1) is 27.9. The number of phosphoric ester groups is 1. The summed E-state index contributed by atoms with van der Waals surface area (Å²) < 4.78 is 36.0. The highest BCUT2D eigenvalue weighted by Gasteiger charge is 2.12. The Hall–Kier alpha value is -0.0500. The Bertz CT molecular complexity index is 351. The van der Waals surface area contributed by atoms with Gasteiger partial charge in [-0.2, -0.15) is 0 Å². The molecule has 0 aliphatic rings. The van der Waals surface area contributed by atoms with Crippen LogP contribution < -0.4 is 0 Å². The zero-order chi connectivity index (χ0) is 20.8. The molecule has 0 saturated heterocycles. The SMILES string of the molecule is CCCCCCCCCCCOCCOCCOCCOCCOP(=O)(O)O. The first-order chi connectivity index (χ1) is 13.6. The normalized spacial score (nSPS) is 12.0. The first-order valence-electron chi connectivity index (χ1n) is 10.6. The lowest BCUT2D eigenvalue weighted by atomic mass is 10.1. The van der Waals surface area contributed by atoms with E-state index in [2.05, 4.69) is 11.4 Å². The first-order valence-corrected chi connectivity index (χ1v) is 12.1. The van der Waals surface area contributed by atoms with Crippen molar-refractivity contribution in [3.8, 4) is 0 Å². The van der Waals surface area contributed by atoms with E-state index in [0.29, 0.717) is 39.6 Å². The van der Waals surface area contributed by atoms with Gasteiger partial charge in [0.25, 0.3) is 0 Å². The molecule has 0 heterocycles. The van der Waals surface area contributed by atoms with Crippen LogP contribution in [0.2, 0.25) is 0 Å².